The van der Waals surface area contributed by atoms with Crippen molar-refractivity contribution >= 4 is 11.6 Å². The number of fused-ring (bicyclic) bond motifs is 2. The molecule has 2 aliphatic carbocycles. The summed E-state index contributed by atoms with van der Waals surface area (Å²) in [7, 11) is 0. The summed E-state index contributed by atoms with van der Waals surface area (Å²) in [6.45, 7) is 6.73. The lowest BCUT2D eigenvalue weighted by Crippen LogP contribution is -2.46. The largest absolute Gasteiger partial charge is 0.467 e. The average molecular weight is 290 g/mol. The Hall–Kier alpha value is -1.78. The second-order valence-electron chi connectivity index (χ2n) is 7.02. The van der Waals surface area contributed by atoms with Crippen molar-refractivity contribution in [3.8, 4) is 0 Å². The van der Waals surface area contributed by atoms with Crippen LogP contribution in [0.1, 0.15) is 45.8 Å². The fourth-order valence-electron chi connectivity index (χ4n) is 4.28. The minimum atomic E-state index is -0.490. The Bertz CT molecular complexity index is 591. The molecule has 0 aromatic carbocycles. The molecule has 5 heteroatoms. The van der Waals surface area contributed by atoms with E-state index in [-0.39, 0.29) is 16.7 Å². The summed E-state index contributed by atoms with van der Waals surface area (Å²) < 4.78 is 5.26. The molecule has 5 nitrogen and oxygen atoms in total. The monoisotopic (exact) mass is 290 g/mol. The van der Waals surface area contributed by atoms with Gasteiger partial charge in [-0.3, -0.25) is 4.79 Å². The van der Waals surface area contributed by atoms with E-state index < -0.39 is 5.41 Å². The number of carbonyl (C=O) groups is 1. The number of nitrogens with zero attached hydrogens (tertiary/aromatic N) is 1. The Morgan fingerprint density at radius 3 is 2.76 bits per heavy atom. The van der Waals surface area contributed by atoms with Crippen LogP contribution in [0.5, 0.6) is 0 Å². The molecule has 1 amide bonds. The van der Waals surface area contributed by atoms with Crippen molar-refractivity contribution in [3.05, 3.63) is 24.2 Å². The van der Waals surface area contributed by atoms with E-state index in [9.17, 15) is 10.0 Å². The first-order valence-electron chi connectivity index (χ1n) is 7.39. The molecule has 3 rings (SSSR count). The molecule has 2 aliphatic rings. The summed E-state index contributed by atoms with van der Waals surface area (Å²) >= 11 is 0. The van der Waals surface area contributed by atoms with Crippen LogP contribution in [0.2, 0.25) is 0 Å². The van der Waals surface area contributed by atoms with Crippen LogP contribution >= 0.6 is 0 Å². The van der Waals surface area contributed by atoms with Crippen LogP contribution in [0.15, 0.2) is 28.0 Å². The molecular formula is C16H22N2O3. The van der Waals surface area contributed by atoms with Crippen molar-refractivity contribution in [2.75, 3.05) is 0 Å². The Kier molecular flexibility index (Phi) is 2.94. The molecule has 21 heavy (non-hydrogen) atoms. The number of rotatable bonds is 3. The van der Waals surface area contributed by atoms with Gasteiger partial charge >= 0.3 is 0 Å². The number of oxime groups is 1. The third-order valence-corrected chi connectivity index (χ3v) is 6.29. The molecule has 2 fully saturated rings. The minimum Gasteiger partial charge on any atom is -0.467 e. The number of carbonyl (C=O) groups excluding carboxylic acids is 1. The first kappa shape index (κ1) is 14.2. The van der Waals surface area contributed by atoms with E-state index in [2.05, 4.69) is 31.2 Å². The molecule has 0 radical (unpaired) electrons. The Labute approximate surface area is 124 Å². The van der Waals surface area contributed by atoms with Crippen LogP contribution in [0.3, 0.4) is 0 Å². The van der Waals surface area contributed by atoms with Crippen molar-refractivity contribution in [1.82, 2.24) is 5.32 Å². The predicted molar refractivity (Wildman–Crippen MR) is 77.9 cm³/mol. The molecule has 2 saturated carbocycles. The van der Waals surface area contributed by atoms with Gasteiger partial charge in [-0.05, 0) is 30.4 Å². The van der Waals surface area contributed by atoms with E-state index in [0.717, 1.165) is 24.3 Å². The highest BCUT2D eigenvalue weighted by Crippen LogP contribution is 2.70. The van der Waals surface area contributed by atoms with E-state index in [4.69, 9.17) is 4.42 Å². The third-order valence-electron chi connectivity index (χ3n) is 6.29. The van der Waals surface area contributed by atoms with Crippen LogP contribution in [0.4, 0.5) is 0 Å². The van der Waals surface area contributed by atoms with E-state index >= 15 is 0 Å². The van der Waals surface area contributed by atoms with Gasteiger partial charge in [0, 0.05) is 11.8 Å². The summed E-state index contributed by atoms with van der Waals surface area (Å²) in [5.41, 5.74) is -0.166. The first-order chi connectivity index (χ1) is 9.87. The smallest absolute Gasteiger partial charge is 0.227 e. The van der Waals surface area contributed by atoms with Gasteiger partial charge in [-0.25, -0.2) is 0 Å². The van der Waals surface area contributed by atoms with Crippen LogP contribution < -0.4 is 5.32 Å². The number of hydrogen-bond acceptors (Lipinski definition) is 4. The first-order valence-corrected chi connectivity index (χ1v) is 7.39. The van der Waals surface area contributed by atoms with Crippen molar-refractivity contribution in [2.45, 2.75) is 46.6 Å². The summed E-state index contributed by atoms with van der Waals surface area (Å²) in [5.74, 6) is 0.777. The van der Waals surface area contributed by atoms with Crippen molar-refractivity contribution in [1.29, 1.82) is 0 Å². The molecule has 1 aromatic heterocycles. The number of amides is 1. The predicted octanol–water partition coefficient (Wildman–Crippen LogP) is 2.94. The maximum absolute atomic E-state index is 12.9. The molecule has 2 bridgehead atoms. The Morgan fingerprint density at radius 1 is 1.43 bits per heavy atom. The van der Waals surface area contributed by atoms with Gasteiger partial charge in [-0.15, -0.1) is 0 Å². The van der Waals surface area contributed by atoms with Crippen molar-refractivity contribution < 1.29 is 14.4 Å². The second kappa shape index (κ2) is 4.36. The molecule has 2 atom stereocenters. The third kappa shape index (κ3) is 1.63. The topological polar surface area (TPSA) is 74.8 Å². The molecular weight excluding hydrogens is 268 g/mol. The van der Waals surface area contributed by atoms with Gasteiger partial charge in [-0.2, -0.15) is 0 Å². The quantitative estimate of drug-likeness (QED) is 0.664. The van der Waals surface area contributed by atoms with Gasteiger partial charge in [0.15, 0.2) is 0 Å². The second-order valence-corrected chi connectivity index (χ2v) is 7.02. The summed E-state index contributed by atoms with van der Waals surface area (Å²) in [4.78, 5) is 12.9. The standard InChI is InChI=1S/C16H22N2O3/c1-14(2)15(3)6-7-16(14,9-12(15)18-20)13(19)17-10-11-5-4-8-21-11/h4-5,8,20H,6-7,9-10H2,1-3H3,(H,17,19)/b18-12+. The minimum absolute atomic E-state index is 0.0336. The SMILES string of the molecule is CC12CCC(C(=O)NCc3ccco3)(C/C1=N\O)C2(C)C. The molecule has 1 aromatic rings. The lowest BCUT2D eigenvalue weighted by molar-refractivity contribution is -0.136. The van der Waals surface area contributed by atoms with E-state index in [1.807, 2.05) is 12.1 Å². The molecule has 0 aliphatic heterocycles. The molecule has 114 valence electrons. The highest BCUT2D eigenvalue weighted by Gasteiger charge is 2.71. The molecule has 2 N–H and O–H groups in total. The Morgan fingerprint density at radius 2 is 2.19 bits per heavy atom. The van der Waals surface area contributed by atoms with E-state index in [1.165, 1.54) is 0 Å². The van der Waals surface area contributed by atoms with Gasteiger partial charge in [0.05, 0.1) is 23.9 Å². The zero-order valence-corrected chi connectivity index (χ0v) is 12.8. The lowest BCUT2D eigenvalue weighted by atomic mass is 9.64. The zero-order valence-electron chi connectivity index (χ0n) is 12.8. The van der Waals surface area contributed by atoms with Crippen LogP contribution in [0.25, 0.3) is 0 Å². The van der Waals surface area contributed by atoms with Crippen LogP contribution in [-0.4, -0.2) is 16.8 Å². The number of hydrogen-bond donors (Lipinski definition) is 2. The maximum Gasteiger partial charge on any atom is 0.227 e. The Balaban J connectivity index is 1.85. The summed E-state index contributed by atoms with van der Waals surface area (Å²) in [6.07, 6.45) is 3.85. The van der Waals surface area contributed by atoms with Crippen molar-refractivity contribution in [2.24, 2.45) is 21.4 Å². The fourth-order valence-corrected chi connectivity index (χ4v) is 4.28. The van der Waals surface area contributed by atoms with Crippen LogP contribution in [-0.2, 0) is 11.3 Å². The molecule has 0 saturated heterocycles. The number of furan rings is 1. The lowest BCUT2D eigenvalue weighted by Gasteiger charge is -2.39. The average Bonchev–Trinajstić information content (AvgIpc) is 3.08. The van der Waals surface area contributed by atoms with Gasteiger partial charge in [0.1, 0.15) is 5.76 Å². The summed E-state index contributed by atoms with van der Waals surface area (Å²) in [5, 5.41) is 15.8. The highest BCUT2D eigenvalue weighted by molar-refractivity contribution is 6.02. The molecule has 1 heterocycles. The number of nitrogens with one attached hydrogen (secondary N) is 1. The van der Waals surface area contributed by atoms with Gasteiger partial charge in [0.25, 0.3) is 0 Å². The highest BCUT2D eigenvalue weighted by atomic mass is 16.4. The van der Waals surface area contributed by atoms with E-state index in [0.29, 0.717) is 13.0 Å². The summed E-state index contributed by atoms with van der Waals surface area (Å²) in [6, 6.07) is 3.65. The molecule has 2 unspecified atom stereocenters. The molecule has 0 spiro atoms. The van der Waals surface area contributed by atoms with Crippen molar-refractivity contribution in [3.63, 3.8) is 0 Å². The fraction of sp³-hybridized carbons (Fsp3) is 0.625. The van der Waals surface area contributed by atoms with Gasteiger partial charge < -0.3 is 14.9 Å². The van der Waals surface area contributed by atoms with Crippen LogP contribution in [0, 0.1) is 16.2 Å². The maximum atomic E-state index is 12.9. The van der Waals surface area contributed by atoms with Gasteiger partial charge in [-0.1, -0.05) is 25.9 Å². The zero-order chi connectivity index (χ0) is 15.3. The normalized spacial score (nSPS) is 35.3. The van der Waals surface area contributed by atoms with E-state index in [1.54, 1.807) is 6.26 Å². The van der Waals surface area contributed by atoms with Gasteiger partial charge in [0.2, 0.25) is 5.91 Å².